The first-order valence-electron chi connectivity index (χ1n) is 8.04. The number of nitrogens with zero attached hydrogens (tertiary/aromatic N) is 4. The number of rotatable bonds is 3. The molecule has 0 aromatic carbocycles. The average molecular weight is 363 g/mol. The van der Waals surface area contributed by atoms with Crippen LogP contribution >= 0.6 is 11.3 Å². The van der Waals surface area contributed by atoms with Gasteiger partial charge < -0.3 is 10.2 Å². The first-order chi connectivity index (χ1) is 11.9. The Morgan fingerprint density at radius 2 is 2.28 bits per heavy atom. The topological polar surface area (TPSA) is 81.9 Å². The molecule has 0 spiro atoms. The summed E-state index contributed by atoms with van der Waals surface area (Å²) in [5.74, 6) is -3.26. The molecule has 2 aromatic heterocycles. The minimum absolute atomic E-state index is 0.0432. The summed E-state index contributed by atoms with van der Waals surface area (Å²) in [6, 6.07) is 3.62. The standard InChI is InChI=1S/C16H15F2N5OS/c17-16(18)5-9(6-19)7-23(8-16)15-21-11-3-4-20-13(12(11)25-15)22-14(24)10-1-2-10/h3-4,9-10H,1-2,5,7-8H2,(H,20,22,24)/t9-/m1/s1. The predicted octanol–water partition coefficient (Wildman–Crippen LogP) is 3.02. The Kier molecular flexibility index (Phi) is 3.80. The van der Waals surface area contributed by atoms with Crippen LogP contribution in [0.5, 0.6) is 0 Å². The third-order valence-electron chi connectivity index (χ3n) is 4.34. The molecule has 1 atom stereocenters. The van der Waals surface area contributed by atoms with Crippen molar-refractivity contribution in [1.82, 2.24) is 9.97 Å². The van der Waals surface area contributed by atoms with Crippen LogP contribution in [0.1, 0.15) is 19.3 Å². The molecule has 6 nitrogen and oxygen atoms in total. The summed E-state index contributed by atoms with van der Waals surface area (Å²) in [6.45, 7) is -0.231. The zero-order chi connectivity index (χ0) is 17.6. The third kappa shape index (κ3) is 3.26. The van der Waals surface area contributed by atoms with E-state index in [-0.39, 0.29) is 18.4 Å². The van der Waals surface area contributed by atoms with Crippen LogP contribution in [0.25, 0.3) is 10.2 Å². The van der Waals surface area contributed by atoms with Gasteiger partial charge in [0.25, 0.3) is 5.92 Å². The first-order valence-corrected chi connectivity index (χ1v) is 8.85. The number of alkyl halides is 2. The van der Waals surface area contributed by atoms with Crippen LogP contribution < -0.4 is 10.2 Å². The van der Waals surface area contributed by atoms with Crippen LogP contribution in [0.15, 0.2) is 12.3 Å². The van der Waals surface area contributed by atoms with Gasteiger partial charge >= 0.3 is 0 Å². The van der Waals surface area contributed by atoms with Gasteiger partial charge in [0.2, 0.25) is 5.91 Å². The minimum atomic E-state index is -2.92. The van der Waals surface area contributed by atoms with E-state index < -0.39 is 24.8 Å². The number of aromatic nitrogens is 2. The van der Waals surface area contributed by atoms with Crippen molar-refractivity contribution in [2.24, 2.45) is 11.8 Å². The lowest BCUT2D eigenvalue weighted by Gasteiger charge is -2.34. The van der Waals surface area contributed by atoms with Crippen LogP contribution in [0.4, 0.5) is 19.7 Å². The van der Waals surface area contributed by atoms with E-state index in [1.165, 1.54) is 22.4 Å². The van der Waals surface area contributed by atoms with Crippen LogP contribution in [0.2, 0.25) is 0 Å². The smallest absolute Gasteiger partial charge is 0.266 e. The van der Waals surface area contributed by atoms with E-state index in [0.29, 0.717) is 21.2 Å². The second-order valence-electron chi connectivity index (χ2n) is 6.53. The molecule has 0 radical (unpaired) electrons. The normalized spacial score (nSPS) is 22.6. The maximum absolute atomic E-state index is 13.9. The highest BCUT2D eigenvalue weighted by molar-refractivity contribution is 7.22. The highest BCUT2D eigenvalue weighted by Crippen LogP contribution is 2.38. The Labute approximate surface area is 146 Å². The fraction of sp³-hybridized carbons (Fsp3) is 0.500. The lowest BCUT2D eigenvalue weighted by atomic mass is 9.97. The largest absolute Gasteiger partial charge is 0.341 e. The van der Waals surface area contributed by atoms with Gasteiger partial charge in [0.15, 0.2) is 10.9 Å². The molecule has 2 aromatic rings. The minimum Gasteiger partial charge on any atom is -0.341 e. The van der Waals surface area contributed by atoms with E-state index in [0.717, 1.165) is 12.8 Å². The summed E-state index contributed by atoms with van der Waals surface area (Å²) in [5, 5.41) is 12.3. The lowest BCUT2D eigenvalue weighted by molar-refractivity contribution is -0.117. The summed E-state index contributed by atoms with van der Waals surface area (Å²) in [6.07, 6.45) is 2.88. The summed E-state index contributed by atoms with van der Waals surface area (Å²) >= 11 is 1.21. The fourth-order valence-electron chi connectivity index (χ4n) is 2.96. The second-order valence-corrected chi connectivity index (χ2v) is 7.51. The SMILES string of the molecule is N#C[C@@H]1CN(c2nc3ccnc(NC(=O)C4CC4)c3s2)CC(F)(F)C1. The Bertz CT molecular complexity index is 873. The number of carbonyl (C=O) groups excluding carboxylic acids is 1. The number of pyridine rings is 1. The number of thiazole rings is 1. The van der Waals surface area contributed by atoms with Gasteiger partial charge in [-0.25, -0.2) is 18.7 Å². The number of halogens is 2. The molecule has 1 amide bonds. The summed E-state index contributed by atoms with van der Waals surface area (Å²) in [4.78, 5) is 22.0. The van der Waals surface area contributed by atoms with E-state index in [1.54, 1.807) is 6.07 Å². The van der Waals surface area contributed by atoms with Crippen molar-refractivity contribution in [2.45, 2.75) is 25.2 Å². The number of nitriles is 1. The van der Waals surface area contributed by atoms with Crippen molar-refractivity contribution in [1.29, 1.82) is 5.26 Å². The number of anilines is 2. The Morgan fingerprint density at radius 1 is 1.48 bits per heavy atom. The van der Waals surface area contributed by atoms with E-state index in [9.17, 15) is 13.6 Å². The van der Waals surface area contributed by atoms with Crippen molar-refractivity contribution in [3.63, 3.8) is 0 Å². The van der Waals surface area contributed by atoms with E-state index in [4.69, 9.17) is 5.26 Å². The summed E-state index contributed by atoms with van der Waals surface area (Å²) < 4.78 is 28.5. The third-order valence-corrected chi connectivity index (χ3v) is 5.48. The molecule has 1 aliphatic heterocycles. The van der Waals surface area contributed by atoms with Crippen molar-refractivity contribution in [3.05, 3.63) is 12.3 Å². The molecule has 1 saturated heterocycles. The molecule has 1 aliphatic carbocycles. The fourth-order valence-corrected chi connectivity index (χ4v) is 3.98. The molecule has 9 heteroatoms. The average Bonchev–Trinajstić information content (AvgIpc) is 3.32. The van der Waals surface area contributed by atoms with Gasteiger partial charge in [0.05, 0.1) is 28.7 Å². The van der Waals surface area contributed by atoms with E-state index in [2.05, 4.69) is 15.3 Å². The van der Waals surface area contributed by atoms with Crippen molar-refractivity contribution in [3.8, 4) is 6.07 Å². The van der Waals surface area contributed by atoms with E-state index in [1.807, 2.05) is 6.07 Å². The maximum atomic E-state index is 13.9. The van der Waals surface area contributed by atoms with Crippen LogP contribution in [0.3, 0.4) is 0 Å². The Balaban J connectivity index is 1.64. The van der Waals surface area contributed by atoms with Crippen LogP contribution in [0, 0.1) is 23.2 Å². The van der Waals surface area contributed by atoms with Crippen molar-refractivity contribution in [2.75, 3.05) is 23.3 Å². The molecule has 2 fully saturated rings. The molecular weight excluding hydrogens is 348 g/mol. The number of hydrogen-bond donors (Lipinski definition) is 1. The molecule has 0 bridgehead atoms. The van der Waals surface area contributed by atoms with Gasteiger partial charge in [0.1, 0.15) is 0 Å². The van der Waals surface area contributed by atoms with Gasteiger partial charge in [-0.3, -0.25) is 4.79 Å². The van der Waals surface area contributed by atoms with Crippen LogP contribution in [-0.4, -0.2) is 34.9 Å². The van der Waals surface area contributed by atoms with Crippen molar-refractivity contribution >= 4 is 38.4 Å². The number of nitrogens with one attached hydrogen (secondary N) is 1. The highest BCUT2D eigenvalue weighted by atomic mass is 32.1. The molecule has 1 saturated carbocycles. The molecule has 3 heterocycles. The number of hydrogen-bond acceptors (Lipinski definition) is 6. The Hall–Kier alpha value is -2.34. The summed E-state index contributed by atoms with van der Waals surface area (Å²) in [5.41, 5.74) is 0.600. The van der Waals surface area contributed by atoms with Crippen molar-refractivity contribution < 1.29 is 13.6 Å². The van der Waals surface area contributed by atoms with Gasteiger partial charge in [-0.2, -0.15) is 5.26 Å². The highest BCUT2D eigenvalue weighted by Gasteiger charge is 2.41. The zero-order valence-electron chi connectivity index (χ0n) is 13.2. The maximum Gasteiger partial charge on any atom is 0.266 e. The van der Waals surface area contributed by atoms with Gasteiger partial charge in [-0.15, -0.1) is 0 Å². The quantitative estimate of drug-likeness (QED) is 0.906. The predicted molar refractivity (Wildman–Crippen MR) is 89.6 cm³/mol. The molecule has 2 aliphatic rings. The monoisotopic (exact) mass is 363 g/mol. The molecule has 130 valence electrons. The number of amides is 1. The van der Waals surface area contributed by atoms with Crippen LogP contribution in [-0.2, 0) is 4.79 Å². The number of fused-ring (bicyclic) bond motifs is 1. The molecule has 4 rings (SSSR count). The summed E-state index contributed by atoms with van der Waals surface area (Å²) in [7, 11) is 0. The molecular formula is C16H15F2N5OS. The number of carbonyl (C=O) groups is 1. The van der Waals surface area contributed by atoms with Gasteiger partial charge in [0, 0.05) is 25.1 Å². The van der Waals surface area contributed by atoms with Gasteiger partial charge in [-0.05, 0) is 18.9 Å². The molecule has 1 N–H and O–H groups in total. The zero-order valence-corrected chi connectivity index (χ0v) is 14.0. The van der Waals surface area contributed by atoms with E-state index >= 15 is 0 Å². The Morgan fingerprint density at radius 3 is 3.00 bits per heavy atom. The lowest BCUT2D eigenvalue weighted by Crippen LogP contribution is -2.46. The first kappa shape index (κ1) is 16.1. The second kappa shape index (κ2) is 5.88. The van der Waals surface area contributed by atoms with Gasteiger partial charge in [-0.1, -0.05) is 11.3 Å². The molecule has 0 unspecified atom stereocenters. The molecule has 25 heavy (non-hydrogen) atoms. The number of piperidine rings is 1.